The number of rotatable bonds is 7. The Bertz CT molecular complexity index is 1290. The Morgan fingerprint density at radius 1 is 1.00 bits per heavy atom. The molecule has 0 unspecified atom stereocenters. The van der Waals surface area contributed by atoms with E-state index in [0.717, 1.165) is 60.9 Å². The van der Waals surface area contributed by atoms with Gasteiger partial charge in [0, 0.05) is 25.5 Å². The number of aromatic nitrogens is 2. The summed E-state index contributed by atoms with van der Waals surface area (Å²) >= 11 is 0. The minimum Gasteiger partial charge on any atom is -0.307 e. The fourth-order valence-electron chi connectivity index (χ4n) is 5.03. The summed E-state index contributed by atoms with van der Waals surface area (Å²) in [5, 5.41) is 7.22. The molecular weight excluding hydrogens is 450 g/mol. The van der Waals surface area contributed by atoms with Crippen molar-refractivity contribution in [2.45, 2.75) is 51.6 Å². The lowest BCUT2D eigenvalue weighted by molar-refractivity contribution is 0.255. The van der Waals surface area contributed by atoms with Gasteiger partial charge < -0.3 is 5.32 Å². The summed E-state index contributed by atoms with van der Waals surface area (Å²) in [6, 6.07) is 12.6. The summed E-state index contributed by atoms with van der Waals surface area (Å²) in [7, 11) is -2.36. The highest BCUT2D eigenvalue weighted by Crippen LogP contribution is 2.38. The monoisotopic (exact) mass is 479 g/mol. The van der Waals surface area contributed by atoms with Gasteiger partial charge in [0.25, 0.3) is 0 Å². The summed E-state index contributed by atoms with van der Waals surface area (Å²) in [6.07, 6.45) is 7.71. The van der Waals surface area contributed by atoms with Gasteiger partial charge in [0.1, 0.15) is 0 Å². The SMILES string of the molecule is Cn1ccc(CN(Cc2ccccc2)S(=O)(=O)NC(=O)Nc2c3c(cc4c2CCC4)CCC3)n1. The van der Waals surface area contributed by atoms with Crippen LogP contribution in [0.3, 0.4) is 0 Å². The van der Waals surface area contributed by atoms with Crippen molar-refractivity contribution >= 4 is 21.9 Å². The van der Waals surface area contributed by atoms with E-state index in [2.05, 4.69) is 21.2 Å². The first kappa shape index (κ1) is 22.6. The van der Waals surface area contributed by atoms with Crippen molar-refractivity contribution in [3.05, 3.63) is 82.2 Å². The second-order valence-corrected chi connectivity index (χ2v) is 10.7. The van der Waals surface area contributed by atoms with Crippen molar-refractivity contribution in [3.63, 3.8) is 0 Å². The molecule has 2 aromatic carbocycles. The van der Waals surface area contributed by atoms with E-state index < -0.39 is 16.2 Å². The predicted octanol–water partition coefficient (Wildman–Crippen LogP) is 3.47. The maximum atomic E-state index is 13.3. The molecule has 5 rings (SSSR count). The number of nitrogens with one attached hydrogen (secondary N) is 2. The van der Waals surface area contributed by atoms with Crippen LogP contribution in [0.1, 0.15) is 46.4 Å². The lowest BCUT2D eigenvalue weighted by Crippen LogP contribution is -2.44. The van der Waals surface area contributed by atoms with Gasteiger partial charge >= 0.3 is 16.2 Å². The molecule has 8 nitrogen and oxygen atoms in total. The first-order valence-electron chi connectivity index (χ1n) is 11.7. The highest BCUT2D eigenvalue weighted by Gasteiger charge is 2.29. The summed E-state index contributed by atoms with van der Waals surface area (Å²) < 4.78 is 31.8. The van der Waals surface area contributed by atoms with Crippen molar-refractivity contribution in [2.75, 3.05) is 5.32 Å². The second-order valence-electron chi connectivity index (χ2n) is 9.03. The first-order valence-corrected chi connectivity index (χ1v) is 13.1. The zero-order valence-corrected chi connectivity index (χ0v) is 20.1. The minimum atomic E-state index is -4.13. The summed E-state index contributed by atoms with van der Waals surface area (Å²) in [6.45, 7) is 0.171. The molecular formula is C25H29N5O3S. The zero-order chi connectivity index (χ0) is 23.7. The van der Waals surface area contributed by atoms with Gasteiger partial charge in [-0.25, -0.2) is 9.52 Å². The van der Waals surface area contributed by atoms with Crippen LogP contribution in [0.15, 0.2) is 48.7 Å². The molecule has 9 heteroatoms. The number of benzene rings is 2. The molecule has 3 aromatic rings. The number of hydrogen-bond acceptors (Lipinski definition) is 4. The molecule has 0 radical (unpaired) electrons. The Labute approximate surface area is 200 Å². The van der Waals surface area contributed by atoms with Crippen LogP contribution >= 0.6 is 0 Å². The first-order chi connectivity index (χ1) is 16.4. The quantitative estimate of drug-likeness (QED) is 0.542. The normalized spacial score (nSPS) is 14.8. The fraction of sp³-hybridized carbons (Fsp3) is 0.360. The van der Waals surface area contributed by atoms with Crippen molar-refractivity contribution in [3.8, 4) is 0 Å². The third-order valence-corrected chi connectivity index (χ3v) is 7.96. The van der Waals surface area contributed by atoms with Crippen LogP contribution in [0.25, 0.3) is 0 Å². The standard InChI is InChI=1S/C25H29N5O3S/c1-29-14-13-21(27-29)17-30(16-18-7-3-2-4-8-18)34(32,33)28-25(31)26-24-22-11-5-9-19(22)15-20-10-6-12-23(20)24/h2-4,7-8,13-15H,5-6,9-12,16-17H2,1H3,(H2,26,28,31). The molecule has 0 spiro atoms. The Morgan fingerprint density at radius 3 is 2.29 bits per heavy atom. The Balaban J connectivity index is 1.38. The molecule has 1 aromatic heterocycles. The van der Waals surface area contributed by atoms with Gasteiger partial charge in [0.15, 0.2) is 0 Å². The van der Waals surface area contributed by atoms with Gasteiger partial charge in [-0.3, -0.25) is 4.68 Å². The number of amides is 2. The van der Waals surface area contributed by atoms with Crippen LogP contribution in [0, 0.1) is 0 Å². The van der Waals surface area contributed by atoms with Crippen molar-refractivity contribution < 1.29 is 13.2 Å². The molecule has 2 aliphatic rings. The van der Waals surface area contributed by atoms with Gasteiger partial charge in [0.2, 0.25) is 0 Å². The minimum absolute atomic E-state index is 0.0501. The topological polar surface area (TPSA) is 96.3 Å². The second kappa shape index (κ2) is 9.23. The molecule has 0 saturated carbocycles. The smallest absolute Gasteiger partial charge is 0.307 e. The molecule has 0 aliphatic heterocycles. The fourth-order valence-corrected chi connectivity index (χ4v) is 6.06. The van der Waals surface area contributed by atoms with Crippen LogP contribution in [0.4, 0.5) is 10.5 Å². The van der Waals surface area contributed by atoms with Crippen molar-refractivity contribution in [1.29, 1.82) is 0 Å². The van der Waals surface area contributed by atoms with Crippen molar-refractivity contribution in [2.24, 2.45) is 7.05 Å². The Morgan fingerprint density at radius 2 is 1.68 bits per heavy atom. The molecule has 0 saturated heterocycles. The van der Waals surface area contributed by atoms with Gasteiger partial charge in [0.05, 0.1) is 12.2 Å². The van der Waals surface area contributed by atoms with E-state index in [1.807, 2.05) is 30.3 Å². The van der Waals surface area contributed by atoms with Gasteiger partial charge in [-0.15, -0.1) is 0 Å². The third kappa shape index (κ3) is 4.71. The summed E-state index contributed by atoms with van der Waals surface area (Å²) in [5.74, 6) is 0. The average molecular weight is 480 g/mol. The van der Waals surface area contributed by atoms with Crippen LogP contribution < -0.4 is 10.0 Å². The van der Waals surface area contributed by atoms with Crippen molar-refractivity contribution in [1.82, 2.24) is 18.8 Å². The van der Waals surface area contributed by atoms with Gasteiger partial charge in [-0.2, -0.15) is 17.8 Å². The molecule has 178 valence electrons. The van der Waals surface area contributed by atoms with E-state index in [1.165, 1.54) is 15.4 Å². The number of carbonyl (C=O) groups excluding carboxylic acids is 1. The summed E-state index contributed by atoms with van der Waals surface area (Å²) in [5.41, 5.74) is 7.10. The van der Waals surface area contributed by atoms with E-state index >= 15 is 0 Å². The number of hydrogen-bond donors (Lipinski definition) is 2. The maximum Gasteiger partial charge on any atom is 0.333 e. The van der Waals surface area contributed by atoms with Gasteiger partial charge in [-0.05, 0) is 72.4 Å². The van der Waals surface area contributed by atoms with E-state index in [9.17, 15) is 13.2 Å². The molecule has 0 bridgehead atoms. The van der Waals surface area contributed by atoms with E-state index in [-0.39, 0.29) is 13.1 Å². The Hall–Kier alpha value is -3.17. The highest BCUT2D eigenvalue weighted by atomic mass is 32.2. The number of aryl methyl sites for hydroxylation is 3. The number of urea groups is 1. The number of nitrogens with zero attached hydrogens (tertiary/aromatic N) is 3. The molecule has 2 aliphatic carbocycles. The molecule has 34 heavy (non-hydrogen) atoms. The number of carbonyl (C=O) groups is 1. The zero-order valence-electron chi connectivity index (χ0n) is 19.3. The van der Waals surface area contributed by atoms with Crippen LogP contribution in [-0.2, 0) is 56.0 Å². The number of anilines is 1. The van der Waals surface area contributed by atoms with E-state index in [4.69, 9.17) is 0 Å². The lowest BCUT2D eigenvalue weighted by atomic mass is 9.99. The molecule has 1 heterocycles. The number of fused-ring (bicyclic) bond motifs is 2. The van der Waals surface area contributed by atoms with Crippen LogP contribution in [0.5, 0.6) is 0 Å². The predicted molar refractivity (Wildman–Crippen MR) is 130 cm³/mol. The van der Waals surface area contributed by atoms with E-state index in [0.29, 0.717) is 5.69 Å². The molecule has 0 atom stereocenters. The average Bonchev–Trinajstić information content (AvgIpc) is 3.54. The highest BCUT2D eigenvalue weighted by molar-refractivity contribution is 7.87. The molecule has 2 amide bonds. The van der Waals surface area contributed by atoms with Crippen LogP contribution in [-0.4, -0.2) is 28.5 Å². The van der Waals surface area contributed by atoms with Crippen LogP contribution in [0.2, 0.25) is 0 Å². The lowest BCUT2D eigenvalue weighted by Gasteiger charge is -2.22. The van der Waals surface area contributed by atoms with Gasteiger partial charge in [-0.1, -0.05) is 36.4 Å². The molecule has 2 N–H and O–H groups in total. The Kier molecular flexibility index (Phi) is 6.14. The third-order valence-electron chi connectivity index (χ3n) is 6.58. The van der Waals surface area contributed by atoms with E-state index in [1.54, 1.807) is 24.0 Å². The molecule has 0 fully saturated rings. The maximum absolute atomic E-state index is 13.3. The largest absolute Gasteiger partial charge is 0.333 e. The summed E-state index contributed by atoms with van der Waals surface area (Å²) in [4.78, 5) is 13.0.